The standard InChI is InChI=1S/C21H29BO2/c1-20(2)21(3,4)24-22(23-20)19(18-13-9-6-10-14-18)16-15-17-11-7-5-8-12-17/h5,7-8,11-12,15-16H,6,9-10,13-14H2,1-4H3/b16-15+. The van der Waals surface area contributed by atoms with Gasteiger partial charge in [-0.1, -0.05) is 54.5 Å². The van der Waals surface area contributed by atoms with Crippen molar-refractivity contribution in [3.05, 3.63) is 53.0 Å². The van der Waals surface area contributed by atoms with Crippen LogP contribution in [0.2, 0.25) is 0 Å². The topological polar surface area (TPSA) is 18.5 Å². The Morgan fingerprint density at radius 2 is 1.50 bits per heavy atom. The first-order valence-electron chi connectivity index (χ1n) is 9.20. The summed E-state index contributed by atoms with van der Waals surface area (Å²) in [4.78, 5) is 0. The lowest BCUT2D eigenvalue weighted by Gasteiger charge is -2.32. The predicted octanol–water partition coefficient (Wildman–Crippen LogP) is 5.59. The summed E-state index contributed by atoms with van der Waals surface area (Å²) in [5.74, 6) is 0. The van der Waals surface area contributed by atoms with Gasteiger partial charge in [0.15, 0.2) is 0 Å². The van der Waals surface area contributed by atoms with Crippen LogP contribution in [-0.4, -0.2) is 18.3 Å². The molecule has 0 atom stereocenters. The zero-order chi connectivity index (χ0) is 17.2. The normalized spacial score (nSPS) is 23.0. The summed E-state index contributed by atoms with van der Waals surface area (Å²) < 4.78 is 12.7. The van der Waals surface area contributed by atoms with Crippen LogP contribution < -0.4 is 0 Å². The molecule has 24 heavy (non-hydrogen) atoms. The zero-order valence-electron chi connectivity index (χ0n) is 15.5. The van der Waals surface area contributed by atoms with Crippen LogP contribution in [0.3, 0.4) is 0 Å². The lowest BCUT2D eigenvalue weighted by atomic mass is 9.71. The lowest BCUT2D eigenvalue weighted by Crippen LogP contribution is -2.41. The molecular formula is C21H29BO2. The maximum absolute atomic E-state index is 6.34. The molecule has 1 saturated carbocycles. The van der Waals surface area contributed by atoms with Gasteiger partial charge >= 0.3 is 7.12 Å². The van der Waals surface area contributed by atoms with E-state index >= 15 is 0 Å². The SMILES string of the molecule is CC1(C)OB(C(/C=C/c2ccccc2)=C2CCCCC2)OC1(C)C. The van der Waals surface area contributed by atoms with Gasteiger partial charge in [0, 0.05) is 0 Å². The highest BCUT2D eigenvalue weighted by atomic mass is 16.7. The Hall–Kier alpha value is -1.32. The average Bonchev–Trinajstić information content (AvgIpc) is 2.77. The summed E-state index contributed by atoms with van der Waals surface area (Å²) in [6.45, 7) is 8.49. The fourth-order valence-corrected chi connectivity index (χ4v) is 3.35. The van der Waals surface area contributed by atoms with Gasteiger partial charge in [0.25, 0.3) is 0 Å². The third-order valence-corrected chi connectivity index (χ3v) is 5.63. The maximum atomic E-state index is 6.34. The van der Waals surface area contributed by atoms with Gasteiger partial charge in [0.05, 0.1) is 11.2 Å². The molecule has 2 aliphatic rings. The Morgan fingerprint density at radius 1 is 0.917 bits per heavy atom. The molecule has 2 nitrogen and oxygen atoms in total. The Kier molecular flexibility index (Phi) is 5.03. The van der Waals surface area contributed by atoms with Crippen molar-refractivity contribution in [2.24, 2.45) is 0 Å². The van der Waals surface area contributed by atoms with Gasteiger partial charge in [-0.15, -0.1) is 0 Å². The van der Waals surface area contributed by atoms with E-state index in [0.29, 0.717) is 0 Å². The highest BCUT2D eigenvalue weighted by Gasteiger charge is 2.52. The predicted molar refractivity (Wildman–Crippen MR) is 102 cm³/mol. The van der Waals surface area contributed by atoms with Gasteiger partial charge in [0.1, 0.15) is 0 Å². The van der Waals surface area contributed by atoms with E-state index in [1.54, 1.807) is 0 Å². The molecule has 0 amide bonds. The fraction of sp³-hybridized carbons (Fsp3) is 0.524. The largest absolute Gasteiger partial charge is 0.494 e. The smallest absolute Gasteiger partial charge is 0.399 e. The molecule has 1 aromatic rings. The average molecular weight is 324 g/mol. The van der Waals surface area contributed by atoms with E-state index in [1.165, 1.54) is 48.7 Å². The van der Waals surface area contributed by atoms with Gasteiger partial charge in [0.2, 0.25) is 0 Å². The third kappa shape index (κ3) is 3.68. The van der Waals surface area contributed by atoms with Crippen molar-refractivity contribution in [3.8, 4) is 0 Å². The molecule has 1 aliphatic heterocycles. The van der Waals surface area contributed by atoms with Crippen molar-refractivity contribution in [2.45, 2.75) is 71.0 Å². The van der Waals surface area contributed by atoms with Crippen molar-refractivity contribution in [1.29, 1.82) is 0 Å². The van der Waals surface area contributed by atoms with Crippen LogP contribution in [-0.2, 0) is 9.31 Å². The molecule has 2 fully saturated rings. The number of hydrogen-bond donors (Lipinski definition) is 0. The van der Waals surface area contributed by atoms with Gasteiger partial charge in [-0.3, -0.25) is 0 Å². The fourth-order valence-electron chi connectivity index (χ4n) is 3.35. The molecule has 0 unspecified atom stereocenters. The van der Waals surface area contributed by atoms with E-state index in [9.17, 15) is 0 Å². The van der Waals surface area contributed by atoms with E-state index in [4.69, 9.17) is 9.31 Å². The number of benzene rings is 1. The van der Waals surface area contributed by atoms with E-state index in [0.717, 1.165) is 0 Å². The number of allylic oxidation sites excluding steroid dienone is 3. The molecular weight excluding hydrogens is 295 g/mol. The molecule has 0 radical (unpaired) electrons. The van der Waals surface area contributed by atoms with Crippen molar-refractivity contribution in [3.63, 3.8) is 0 Å². The van der Waals surface area contributed by atoms with Gasteiger partial charge in [-0.2, -0.15) is 0 Å². The molecule has 0 N–H and O–H groups in total. The highest BCUT2D eigenvalue weighted by molar-refractivity contribution is 6.56. The highest BCUT2D eigenvalue weighted by Crippen LogP contribution is 2.40. The van der Waals surface area contributed by atoms with Gasteiger partial charge < -0.3 is 9.31 Å². The molecule has 3 rings (SSSR count). The van der Waals surface area contributed by atoms with E-state index in [1.807, 2.05) is 6.07 Å². The van der Waals surface area contributed by atoms with Crippen LogP contribution in [0, 0.1) is 0 Å². The molecule has 1 heterocycles. The first-order valence-corrected chi connectivity index (χ1v) is 9.20. The first-order chi connectivity index (χ1) is 11.4. The Morgan fingerprint density at radius 3 is 2.08 bits per heavy atom. The van der Waals surface area contributed by atoms with Crippen molar-refractivity contribution in [2.75, 3.05) is 0 Å². The molecule has 128 valence electrons. The van der Waals surface area contributed by atoms with Crippen molar-refractivity contribution >= 4 is 13.2 Å². The lowest BCUT2D eigenvalue weighted by molar-refractivity contribution is 0.00578. The van der Waals surface area contributed by atoms with Crippen LogP contribution in [0.4, 0.5) is 0 Å². The minimum atomic E-state index is -0.293. The summed E-state index contributed by atoms with van der Waals surface area (Å²) >= 11 is 0. The Balaban J connectivity index is 1.91. The van der Waals surface area contributed by atoms with E-state index < -0.39 is 0 Å². The van der Waals surface area contributed by atoms with Crippen LogP contribution in [0.25, 0.3) is 6.08 Å². The summed E-state index contributed by atoms with van der Waals surface area (Å²) in [5, 5.41) is 0. The quantitative estimate of drug-likeness (QED) is 0.675. The Labute approximate surface area is 147 Å². The molecule has 1 saturated heterocycles. The van der Waals surface area contributed by atoms with Crippen molar-refractivity contribution in [1.82, 2.24) is 0 Å². The van der Waals surface area contributed by atoms with Crippen LogP contribution in [0.15, 0.2) is 47.5 Å². The summed E-state index contributed by atoms with van der Waals surface area (Å²) in [7, 11) is -0.261. The van der Waals surface area contributed by atoms with Crippen LogP contribution in [0.1, 0.15) is 65.4 Å². The minimum Gasteiger partial charge on any atom is -0.399 e. The van der Waals surface area contributed by atoms with E-state index in [2.05, 4.69) is 64.1 Å². The van der Waals surface area contributed by atoms with Crippen LogP contribution >= 0.6 is 0 Å². The summed E-state index contributed by atoms with van der Waals surface area (Å²) in [6, 6.07) is 10.4. The second-order valence-electron chi connectivity index (χ2n) is 7.95. The number of hydrogen-bond acceptors (Lipinski definition) is 2. The molecule has 0 aromatic heterocycles. The van der Waals surface area contributed by atoms with Gasteiger partial charge in [-0.25, -0.2) is 0 Å². The molecule has 3 heteroatoms. The summed E-state index contributed by atoms with van der Waals surface area (Å²) in [5.41, 5.74) is 3.37. The zero-order valence-corrected chi connectivity index (χ0v) is 15.5. The van der Waals surface area contributed by atoms with Crippen LogP contribution in [0.5, 0.6) is 0 Å². The maximum Gasteiger partial charge on any atom is 0.494 e. The minimum absolute atomic E-state index is 0.261. The molecule has 1 aliphatic carbocycles. The molecule has 0 bridgehead atoms. The molecule has 0 spiro atoms. The monoisotopic (exact) mass is 324 g/mol. The van der Waals surface area contributed by atoms with E-state index in [-0.39, 0.29) is 18.3 Å². The second-order valence-corrected chi connectivity index (χ2v) is 7.95. The first kappa shape index (κ1) is 17.5. The van der Waals surface area contributed by atoms with Gasteiger partial charge in [-0.05, 0) is 64.4 Å². The number of rotatable bonds is 3. The third-order valence-electron chi connectivity index (χ3n) is 5.63. The second kappa shape index (κ2) is 6.89. The Bertz CT molecular complexity index is 604. The summed E-state index contributed by atoms with van der Waals surface area (Å²) in [6.07, 6.45) is 10.6. The van der Waals surface area contributed by atoms with Crippen molar-refractivity contribution < 1.29 is 9.31 Å². The molecule has 1 aromatic carbocycles.